The van der Waals surface area contributed by atoms with Gasteiger partial charge in [-0.05, 0) is 43.3 Å². The van der Waals surface area contributed by atoms with E-state index in [1.807, 2.05) is 60.1 Å². The van der Waals surface area contributed by atoms with E-state index in [1.54, 1.807) is 0 Å². The van der Waals surface area contributed by atoms with Crippen molar-refractivity contribution >= 4 is 22.9 Å². The number of nitrogens with one attached hydrogen (secondary N) is 1. The summed E-state index contributed by atoms with van der Waals surface area (Å²) in [7, 11) is 0. The molecule has 0 aliphatic heterocycles. The first-order valence-electron chi connectivity index (χ1n) is 6.84. The van der Waals surface area contributed by atoms with Crippen LogP contribution in [0, 0.1) is 0 Å². The smallest absolute Gasteiger partial charge is 0.137 e. The van der Waals surface area contributed by atoms with E-state index in [9.17, 15) is 0 Å². The number of aromatic nitrogens is 2. The lowest BCUT2D eigenvalue weighted by Crippen LogP contribution is -1.99. The predicted octanol–water partition coefficient (Wildman–Crippen LogP) is 4.00. The fourth-order valence-corrected chi connectivity index (χ4v) is 2.30. The number of rotatable bonds is 5. The average molecular weight is 302 g/mol. The molecule has 0 saturated heterocycles. The van der Waals surface area contributed by atoms with Crippen LogP contribution in [0.15, 0.2) is 48.8 Å². The zero-order valence-electron chi connectivity index (χ0n) is 11.7. The van der Waals surface area contributed by atoms with E-state index in [0.29, 0.717) is 18.2 Å². The van der Waals surface area contributed by atoms with Gasteiger partial charge in [0.15, 0.2) is 0 Å². The molecule has 0 saturated carbocycles. The average Bonchev–Trinajstić information content (AvgIpc) is 2.89. The molecule has 1 N–H and O–H groups in total. The quantitative estimate of drug-likeness (QED) is 0.774. The van der Waals surface area contributed by atoms with Gasteiger partial charge in [0.1, 0.15) is 11.4 Å². The second-order valence-electron chi connectivity index (χ2n) is 4.66. The molecule has 0 bridgehead atoms. The van der Waals surface area contributed by atoms with Gasteiger partial charge in [0.05, 0.1) is 23.9 Å². The van der Waals surface area contributed by atoms with Crippen LogP contribution in [0.3, 0.4) is 0 Å². The largest absolute Gasteiger partial charge is 0.494 e. The summed E-state index contributed by atoms with van der Waals surface area (Å²) in [5, 5.41) is 4.04. The number of imidazole rings is 1. The summed E-state index contributed by atoms with van der Waals surface area (Å²) in [6.45, 7) is 3.31. The molecule has 0 spiro atoms. The zero-order chi connectivity index (χ0) is 14.7. The van der Waals surface area contributed by atoms with Gasteiger partial charge in [0.2, 0.25) is 0 Å². The van der Waals surface area contributed by atoms with Gasteiger partial charge >= 0.3 is 0 Å². The van der Waals surface area contributed by atoms with E-state index in [0.717, 1.165) is 22.8 Å². The van der Waals surface area contributed by atoms with Crippen molar-refractivity contribution < 1.29 is 4.74 Å². The summed E-state index contributed by atoms with van der Waals surface area (Å²) >= 11 is 5.97. The second kappa shape index (κ2) is 6.06. The Morgan fingerprint density at radius 3 is 2.71 bits per heavy atom. The van der Waals surface area contributed by atoms with E-state index < -0.39 is 0 Å². The van der Waals surface area contributed by atoms with Gasteiger partial charge in [0, 0.05) is 18.1 Å². The number of anilines is 1. The monoisotopic (exact) mass is 301 g/mol. The van der Waals surface area contributed by atoms with Gasteiger partial charge in [-0.2, -0.15) is 0 Å². The van der Waals surface area contributed by atoms with Crippen LogP contribution in [0.4, 0.5) is 5.69 Å². The van der Waals surface area contributed by atoms with Crippen molar-refractivity contribution in [2.24, 2.45) is 0 Å². The molecular weight excluding hydrogens is 286 g/mol. The molecule has 3 aromatic rings. The molecule has 4 nitrogen and oxygen atoms in total. The molecule has 0 amide bonds. The molecule has 0 aliphatic rings. The van der Waals surface area contributed by atoms with Crippen LogP contribution in [-0.2, 0) is 6.54 Å². The van der Waals surface area contributed by atoms with E-state index in [-0.39, 0.29) is 0 Å². The third-order valence-corrected chi connectivity index (χ3v) is 3.33. The van der Waals surface area contributed by atoms with Gasteiger partial charge < -0.3 is 14.5 Å². The first-order chi connectivity index (χ1) is 10.2. The fraction of sp³-hybridized carbons (Fsp3) is 0.188. The van der Waals surface area contributed by atoms with Crippen molar-refractivity contribution in [3.05, 3.63) is 59.5 Å². The number of pyridine rings is 1. The van der Waals surface area contributed by atoms with Gasteiger partial charge in [-0.25, -0.2) is 4.98 Å². The molecule has 5 heteroatoms. The van der Waals surface area contributed by atoms with E-state index in [4.69, 9.17) is 16.3 Å². The first-order valence-corrected chi connectivity index (χ1v) is 7.22. The Kier molecular flexibility index (Phi) is 3.97. The molecule has 2 aromatic heterocycles. The Hall–Kier alpha value is -2.20. The Balaban J connectivity index is 1.68. The fourth-order valence-electron chi connectivity index (χ4n) is 2.13. The molecule has 0 unspecified atom stereocenters. The third kappa shape index (κ3) is 3.28. The van der Waals surface area contributed by atoms with Gasteiger partial charge in [-0.15, -0.1) is 0 Å². The maximum absolute atomic E-state index is 5.97. The minimum atomic E-state index is 0.660. The minimum absolute atomic E-state index is 0.660. The van der Waals surface area contributed by atoms with Crippen LogP contribution >= 0.6 is 11.6 Å². The lowest BCUT2D eigenvalue weighted by molar-refractivity contribution is 0.340. The summed E-state index contributed by atoms with van der Waals surface area (Å²) in [6.07, 6.45) is 3.83. The van der Waals surface area contributed by atoms with Crippen LogP contribution in [0.1, 0.15) is 12.6 Å². The van der Waals surface area contributed by atoms with Gasteiger partial charge in [0.25, 0.3) is 0 Å². The molecule has 2 heterocycles. The van der Waals surface area contributed by atoms with Crippen LogP contribution < -0.4 is 10.1 Å². The van der Waals surface area contributed by atoms with Crippen molar-refractivity contribution in [3.63, 3.8) is 0 Å². The summed E-state index contributed by atoms with van der Waals surface area (Å²) in [5.74, 6) is 0.880. The highest BCUT2D eigenvalue weighted by Gasteiger charge is 2.02. The highest BCUT2D eigenvalue weighted by atomic mass is 35.5. The SMILES string of the molecule is CCOc1ccc(NCc2cn3cc(Cl)ccc3n2)cc1. The topological polar surface area (TPSA) is 38.6 Å². The highest BCUT2D eigenvalue weighted by molar-refractivity contribution is 6.30. The molecule has 3 rings (SSSR count). The number of hydrogen-bond donors (Lipinski definition) is 1. The predicted molar refractivity (Wildman–Crippen MR) is 85.1 cm³/mol. The number of fused-ring (bicyclic) bond motifs is 1. The van der Waals surface area contributed by atoms with Crippen molar-refractivity contribution in [3.8, 4) is 5.75 Å². The van der Waals surface area contributed by atoms with E-state index >= 15 is 0 Å². The van der Waals surface area contributed by atoms with Crippen LogP contribution in [-0.4, -0.2) is 16.0 Å². The molecule has 21 heavy (non-hydrogen) atoms. The van der Waals surface area contributed by atoms with E-state index in [1.165, 1.54) is 0 Å². The van der Waals surface area contributed by atoms with Gasteiger partial charge in [-0.1, -0.05) is 11.6 Å². The van der Waals surface area contributed by atoms with Crippen molar-refractivity contribution in [2.45, 2.75) is 13.5 Å². The lowest BCUT2D eigenvalue weighted by Gasteiger charge is -2.06. The molecule has 108 valence electrons. The lowest BCUT2D eigenvalue weighted by atomic mass is 10.3. The maximum Gasteiger partial charge on any atom is 0.137 e. The minimum Gasteiger partial charge on any atom is -0.494 e. The van der Waals surface area contributed by atoms with Crippen LogP contribution in [0.25, 0.3) is 5.65 Å². The van der Waals surface area contributed by atoms with Crippen molar-refractivity contribution in [2.75, 3.05) is 11.9 Å². The summed E-state index contributed by atoms with van der Waals surface area (Å²) < 4.78 is 7.35. The highest BCUT2D eigenvalue weighted by Crippen LogP contribution is 2.17. The first kappa shape index (κ1) is 13.8. The number of nitrogens with zero attached hydrogens (tertiary/aromatic N) is 2. The normalized spacial score (nSPS) is 10.8. The molecule has 0 aliphatic carbocycles. The maximum atomic E-state index is 5.97. The zero-order valence-corrected chi connectivity index (χ0v) is 12.5. The van der Waals surface area contributed by atoms with Gasteiger partial charge in [-0.3, -0.25) is 0 Å². The Morgan fingerprint density at radius 2 is 1.95 bits per heavy atom. The van der Waals surface area contributed by atoms with Crippen LogP contribution in [0.2, 0.25) is 5.02 Å². The Labute approximate surface area is 128 Å². The number of hydrogen-bond acceptors (Lipinski definition) is 3. The van der Waals surface area contributed by atoms with Crippen LogP contribution in [0.5, 0.6) is 5.75 Å². The summed E-state index contributed by atoms with van der Waals surface area (Å²) in [5.41, 5.74) is 2.89. The standard InChI is InChI=1S/C16H16ClN3O/c1-2-21-15-6-4-13(5-7-15)18-9-14-11-20-10-12(17)3-8-16(20)19-14/h3-8,10-11,18H,2,9H2,1H3. The van der Waals surface area contributed by atoms with Crippen molar-refractivity contribution in [1.82, 2.24) is 9.38 Å². The summed E-state index contributed by atoms with van der Waals surface area (Å²) in [6, 6.07) is 11.6. The number of benzene rings is 1. The van der Waals surface area contributed by atoms with Crippen molar-refractivity contribution in [1.29, 1.82) is 0 Å². The molecule has 0 atom stereocenters. The number of halogens is 1. The molecular formula is C16H16ClN3O. The molecule has 0 radical (unpaired) electrons. The Bertz CT molecular complexity index is 737. The summed E-state index contributed by atoms with van der Waals surface area (Å²) in [4.78, 5) is 4.53. The molecule has 1 aromatic carbocycles. The second-order valence-corrected chi connectivity index (χ2v) is 5.09. The third-order valence-electron chi connectivity index (χ3n) is 3.10. The number of ether oxygens (including phenoxy) is 1. The van der Waals surface area contributed by atoms with E-state index in [2.05, 4.69) is 10.3 Å². The molecule has 0 fully saturated rings. The Morgan fingerprint density at radius 1 is 1.14 bits per heavy atom.